The van der Waals surface area contributed by atoms with Crippen molar-refractivity contribution in [3.05, 3.63) is 47.4 Å². The van der Waals surface area contributed by atoms with Crippen LogP contribution in [0.2, 0.25) is 0 Å². The summed E-state index contributed by atoms with van der Waals surface area (Å²) in [5.74, 6) is -0.156. The van der Waals surface area contributed by atoms with Crippen LogP contribution in [0.4, 0.5) is 0 Å². The van der Waals surface area contributed by atoms with E-state index in [0.717, 1.165) is 11.1 Å². The second-order valence-corrected chi connectivity index (χ2v) is 4.86. The fraction of sp³-hybridized carbons (Fsp3) is 0.385. The Hall–Kier alpha value is -0.843. The van der Waals surface area contributed by atoms with Crippen molar-refractivity contribution in [1.82, 2.24) is 0 Å². The number of ether oxygens (including phenoxy) is 1. The molecule has 1 aliphatic heterocycles. The molecule has 0 fully saturated rings. The third-order valence-corrected chi connectivity index (χ3v) is 2.62. The molecular weight excluding hydrogens is 195 g/mol. The molecule has 2 rings (SSSR count). The molecule has 1 aromatic carbocycles. The van der Waals surface area contributed by atoms with E-state index in [0.29, 0.717) is 0 Å². The van der Waals surface area contributed by atoms with Gasteiger partial charge in [-0.3, -0.25) is 0 Å². The molecule has 0 spiro atoms. The van der Waals surface area contributed by atoms with Gasteiger partial charge in [0, 0.05) is 0 Å². The minimum absolute atomic E-state index is 0. The van der Waals surface area contributed by atoms with E-state index in [1.165, 1.54) is 0 Å². The molecule has 0 bridgehead atoms. The van der Waals surface area contributed by atoms with E-state index in [9.17, 15) is 5.11 Å². The Balaban J connectivity index is 0.00000128. The van der Waals surface area contributed by atoms with Crippen LogP contribution in [0, 0.1) is 5.41 Å². The smallest absolute Gasteiger partial charge is 0.601 e. The normalized spacial score (nSPS) is 19.6. The molecule has 1 unspecified atom stereocenters. The van der Waals surface area contributed by atoms with Gasteiger partial charge < -0.3 is 9.84 Å². The average Bonchev–Trinajstić information content (AvgIpc) is 2.12. The van der Waals surface area contributed by atoms with Crippen LogP contribution in [0.3, 0.4) is 0 Å². The zero-order valence-electron chi connectivity index (χ0n) is 10.3. The van der Waals surface area contributed by atoms with E-state index < -0.39 is 0 Å². The molecule has 0 amide bonds. The number of hydrogen-bond acceptors (Lipinski definition) is 2. The van der Waals surface area contributed by atoms with Crippen LogP contribution in [0.15, 0.2) is 41.9 Å². The average molecular weight is 210 g/mol. The molecule has 1 atom stereocenters. The third kappa shape index (κ3) is 2.29. The van der Waals surface area contributed by atoms with Gasteiger partial charge in [0.15, 0.2) is 0 Å². The van der Waals surface area contributed by atoms with Gasteiger partial charge in [0.2, 0.25) is 0 Å². The Morgan fingerprint density at radius 3 is 2.12 bits per heavy atom. The quantitative estimate of drug-likeness (QED) is 0.579. The first-order chi connectivity index (χ1) is 7.00. The monoisotopic (exact) mass is 210 g/mol. The number of benzene rings is 1. The summed E-state index contributed by atoms with van der Waals surface area (Å²) in [6, 6.07) is 9.86. The van der Waals surface area contributed by atoms with Gasteiger partial charge in [-0.2, -0.15) is 0 Å². The first kappa shape index (κ1) is 13.2. The second-order valence-electron chi connectivity index (χ2n) is 4.86. The Labute approximate surface area is 108 Å². The van der Waals surface area contributed by atoms with Gasteiger partial charge in [-0.05, 0) is 16.6 Å². The Kier molecular flexibility index (Phi) is 3.78. The van der Waals surface area contributed by atoms with Gasteiger partial charge in [0.25, 0.3) is 0 Å². The van der Waals surface area contributed by atoms with Gasteiger partial charge >= 0.3 is 18.9 Å². The van der Waals surface area contributed by atoms with E-state index in [1.807, 2.05) is 51.1 Å². The summed E-state index contributed by atoms with van der Waals surface area (Å²) in [6.45, 7) is 6.12. The predicted molar refractivity (Wildman–Crippen MR) is 56.7 cm³/mol. The summed E-state index contributed by atoms with van der Waals surface area (Å²) in [4.78, 5) is 0. The first-order valence-electron chi connectivity index (χ1n) is 5.13. The molecule has 80 valence electrons. The first-order valence-corrected chi connectivity index (χ1v) is 5.13. The minimum Gasteiger partial charge on any atom is -0.601 e. The minimum atomic E-state index is -0.156. The zero-order chi connectivity index (χ0) is 11.1. The van der Waals surface area contributed by atoms with Gasteiger partial charge in [-0.15, -0.1) is 0 Å². The SMILES string of the molecule is CC(C)(C)C1=C([O-])OC1c1ccccc1.[Li+]. The van der Waals surface area contributed by atoms with Gasteiger partial charge in [0.05, 0.1) is 12.0 Å². The topological polar surface area (TPSA) is 32.3 Å². The predicted octanol–water partition coefficient (Wildman–Crippen LogP) is -0.620. The van der Waals surface area contributed by atoms with Crippen LogP contribution in [0.25, 0.3) is 0 Å². The summed E-state index contributed by atoms with van der Waals surface area (Å²) >= 11 is 0. The standard InChI is InChI=1S/C13H16O2.Li/c1-13(2,3)10-11(15-12(10)14)9-7-5-4-6-8-9;/h4-8,11,14H,1-3H3;/q;+1/p-1. The van der Waals surface area contributed by atoms with Gasteiger partial charge in [0.1, 0.15) is 0 Å². The molecule has 16 heavy (non-hydrogen) atoms. The maximum Gasteiger partial charge on any atom is 1.00 e. The molecule has 0 saturated carbocycles. The third-order valence-electron chi connectivity index (χ3n) is 2.62. The van der Waals surface area contributed by atoms with Crippen LogP contribution in [0.1, 0.15) is 32.4 Å². The van der Waals surface area contributed by atoms with E-state index in [4.69, 9.17) is 4.74 Å². The molecule has 0 aliphatic carbocycles. The second kappa shape index (κ2) is 4.57. The van der Waals surface area contributed by atoms with Crippen LogP contribution in [0.5, 0.6) is 0 Å². The zero-order valence-corrected chi connectivity index (χ0v) is 10.3. The molecule has 3 heteroatoms. The molecule has 1 heterocycles. The van der Waals surface area contributed by atoms with E-state index in [-0.39, 0.29) is 36.3 Å². The molecule has 0 aromatic heterocycles. The van der Waals surface area contributed by atoms with Crippen molar-refractivity contribution >= 4 is 0 Å². The van der Waals surface area contributed by atoms with E-state index in [1.54, 1.807) is 0 Å². The van der Waals surface area contributed by atoms with Gasteiger partial charge in [-0.1, -0.05) is 51.1 Å². The number of hydrogen-bond donors (Lipinski definition) is 0. The Morgan fingerprint density at radius 2 is 1.69 bits per heavy atom. The Bertz CT molecular complexity index is 390. The van der Waals surface area contributed by atoms with Crippen molar-refractivity contribution in [3.63, 3.8) is 0 Å². The molecule has 1 aliphatic rings. The molecular formula is C13H15LiO2. The van der Waals surface area contributed by atoms with E-state index in [2.05, 4.69) is 0 Å². The van der Waals surface area contributed by atoms with Crippen LogP contribution >= 0.6 is 0 Å². The van der Waals surface area contributed by atoms with Crippen molar-refractivity contribution in [2.75, 3.05) is 0 Å². The number of rotatable bonds is 1. The summed E-state index contributed by atoms with van der Waals surface area (Å²) in [6.07, 6.45) is -0.140. The maximum atomic E-state index is 11.4. The Morgan fingerprint density at radius 1 is 1.12 bits per heavy atom. The summed E-state index contributed by atoms with van der Waals surface area (Å²) in [7, 11) is 0. The molecule has 0 radical (unpaired) electrons. The van der Waals surface area contributed by atoms with Crippen molar-refractivity contribution in [2.45, 2.75) is 26.9 Å². The molecule has 1 aromatic rings. The van der Waals surface area contributed by atoms with Crippen molar-refractivity contribution in [1.29, 1.82) is 0 Å². The van der Waals surface area contributed by atoms with E-state index >= 15 is 0 Å². The van der Waals surface area contributed by atoms with Crippen LogP contribution < -0.4 is 24.0 Å². The summed E-state index contributed by atoms with van der Waals surface area (Å²) in [5, 5.41) is 11.4. The van der Waals surface area contributed by atoms with Crippen LogP contribution in [-0.4, -0.2) is 0 Å². The van der Waals surface area contributed by atoms with Crippen LogP contribution in [-0.2, 0) is 4.74 Å². The maximum absolute atomic E-state index is 11.4. The molecule has 0 saturated heterocycles. The molecule has 0 N–H and O–H groups in total. The van der Waals surface area contributed by atoms with Crippen molar-refractivity contribution in [3.8, 4) is 0 Å². The summed E-state index contributed by atoms with van der Waals surface area (Å²) in [5.41, 5.74) is 1.81. The fourth-order valence-electron chi connectivity index (χ4n) is 1.84. The van der Waals surface area contributed by atoms with Crippen molar-refractivity contribution < 1.29 is 28.7 Å². The largest absolute Gasteiger partial charge is 1.00 e. The summed E-state index contributed by atoms with van der Waals surface area (Å²) < 4.78 is 5.19. The van der Waals surface area contributed by atoms with Crippen molar-refractivity contribution in [2.24, 2.45) is 5.41 Å². The fourth-order valence-corrected chi connectivity index (χ4v) is 1.84. The van der Waals surface area contributed by atoms with Gasteiger partial charge in [-0.25, -0.2) is 0 Å². The molecule has 2 nitrogen and oxygen atoms in total.